The Kier molecular flexibility index (Phi) is 4.35. The first-order valence-corrected chi connectivity index (χ1v) is 5.60. The first-order chi connectivity index (χ1) is 7.52. The second kappa shape index (κ2) is 5.54. The van der Waals surface area contributed by atoms with Gasteiger partial charge in [-0.3, -0.25) is 0 Å². The molecule has 0 aliphatic heterocycles. The number of carboxylic acids is 1. The van der Waals surface area contributed by atoms with Gasteiger partial charge in [0.1, 0.15) is 6.04 Å². The summed E-state index contributed by atoms with van der Waals surface area (Å²) in [6, 6.07) is 5.52. The van der Waals surface area contributed by atoms with Crippen LogP contribution in [0.5, 0.6) is 0 Å². The molecule has 0 amide bonds. The van der Waals surface area contributed by atoms with Gasteiger partial charge in [-0.1, -0.05) is 19.4 Å². The van der Waals surface area contributed by atoms with Gasteiger partial charge in [-0.25, -0.2) is 4.79 Å². The fourth-order valence-corrected chi connectivity index (χ4v) is 1.81. The van der Waals surface area contributed by atoms with Gasteiger partial charge >= 0.3 is 5.97 Å². The predicted molar refractivity (Wildman–Crippen MR) is 65.9 cm³/mol. The molecule has 0 radical (unpaired) electrons. The summed E-state index contributed by atoms with van der Waals surface area (Å²) in [4.78, 5) is 11.0. The molecule has 88 valence electrons. The van der Waals surface area contributed by atoms with E-state index in [2.05, 4.69) is 11.4 Å². The molecule has 0 saturated heterocycles. The van der Waals surface area contributed by atoms with Crippen LogP contribution in [-0.4, -0.2) is 17.1 Å². The summed E-state index contributed by atoms with van der Waals surface area (Å²) in [5.74, 6) is -0.791. The normalized spacial score (nSPS) is 12.2. The van der Waals surface area contributed by atoms with Crippen LogP contribution < -0.4 is 5.32 Å². The Balaban J connectivity index is 2.80. The summed E-state index contributed by atoms with van der Waals surface area (Å²) in [5, 5.41) is 12.1. The average Bonchev–Trinajstić information content (AvgIpc) is 2.15. The predicted octanol–water partition coefficient (Wildman–Crippen LogP) is 2.97. The zero-order chi connectivity index (χ0) is 12.1. The van der Waals surface area contributed by atoms with E-state index in [9.17, 15) is 4.79 Å². The third kappa shape index (κ3) is 3.57. The molecule has 3 heteroatoms. The van der Waals surface area contributed by atoms with Crippen molar-refractivity contribution in [3.05, 3.63) is 29.3 Å². The number of aryl methyl sites for hydroxylation is 2. The van der Waals surface area contributed by atoms with Crippen LogP contribution in [0.25, 0.3) is 0 Å². The lowest BCUT2D eigenvalue weighted by atomic mass is 10.1. The van der Waals surface area contributed by atoms with E-state index in [4.69, 9.17) is 5.11 Å². The largest absolute Gasteiger partial charge is 0.480 e. The van der Waals surface area contributed by atoms with E-state index in [0.717, 1.165) is 23.2 Å². The van der Waals surface area contributed by atoms with Crippen molar-refractivity contribution in [2.24, 2.45) is 0 Å². The Morgan fingerprint density at radius 1 is 1.31 bits per heavy atom. The highest BCUT2D eigenvalue weighted by Crippen LogP contribution is 2.16. The molecule has 0 aromatic heterocycles. The Morgan fingerprint density at radius 2 is 1.88 bits per heavy atom. The van der Waals surface area contributed by atoms with E-state index in [0.29, 0.717) is 6.42 Å². The molecular weight excluding hydrogens is 202 g/mol. The highest BCUT2D eigenvalue weighted by Gasteiger charge is 2.15. The van der Waals surface area contributed by atoms with Crippen molar-refractivity contribution in [1.82, 2.24) is 0 Å². The van der Waals surface area contributed by atoms with Gasteiger partial charge in [-0.2, -0.15) is 0 Å². The Bertz CT molecular complexity index is 354. The molecule has 0 heterocycles. The topological polar surface area (TPSA) is 49.3 Å². The molecule has 0 spiro atoms. The van der Waals surface area contributed by atoms with Crippen LogP contribution in [0, 0.1) is 13.8 Å². The van der Waals surface area contributed by atoms with Gasteiger partial charge < -0.3 is 10.4 Å². The van der Waals surface area contributed by atoms with Gasteiger partial charge in [0.15, 0.2) is 0 Å². The number of aliphatic carboxylic acids is 1. The van der Waals surface area contributed by atoms with Crippen LogP contribution in [0.4, 0.5) is 5.69 Å². The van der Waals surface area contributed by atoms with E-state index in [1.165, 1.54) is 0 Å². The molecule has 0 fully saturated rings. The van der Waals surface area contributed by atoms with E-state index in [-0.39, 0.29) is 0 Å². The lowest BCUT2D eigenvalue weighted by molar-refractivity contribution is -0.138. The number of nitrogens with one attached hydrogen (secondary N) is 1. The zero-order valence-corrected chi connectivity index (χ0v) is 10.1. The average molecular weight is 221 g/mol. The molecule has 1 unspecified atom stereocenters. The lowest BCUT2D eigenvalue weighted by Crippen LogP contribution is -2.28. The maximum atomic E-state index is 11.0. The molecule has 0 aliphatic rings. The first kappa shape index (κ1) is 12.6. The summed E-state index contributed by atoms with van der Waals surface area (Å²) >= 11 is 0. The number of carboxylic acid groups (broad SMARTS) is 1. The maximum absolute atomic E-state index is 11.0. The summed E-state index contributed by atoms with van der Waals surface area (Å²) in [7, 11) is 0. The van der Waals surface area contributed by atoms with Crippen LogP contribution in [0.15, 0.2) is 18.2 Å². The standard InChI is InChI=1S/C13H19NO2/c1-4-5-12(13(15)16)14-11-7-9(2)6-10(3)8-11/h6-8,12,14H,4-5H2,1-3H3,(H,15,16). The molecular formula is C13H19NO2. The Morgan fingerprint density at radius 3 is 2.31 bits per heavy atom. The summed E-state index contributed by atoms with van der Waals surface area (Å²) in [5.41, 5.74) is 3.17. The highest BCUT2D eigenvalue weighted by atomic mass is 16.4. The number of rotatable bonds is 5. The minimum absolute atomic E-state index is 0.494. The number of benzene rings is 1. The summed E-state index contributed by atoms with van der Waals surface area (Å²) in [6.45, 7) is 6.00. The van der Waals surface area contributed by atoms with Gasteiger partial charge in [0, 0.05) is 5.69 Å². The number of hydrogen-bond acceptors (Lipinski definition) is 2. The second-order valence-corrected chi connectivity index (χ2v) is 4.20. The molecule has 3 nitrogen and oxygen atoms in total. The van der Waals surface area contributed by atoms with Crippen molar-refractivity contribution in [2.75, 3.05) is 5.32 Å². The monoisotopic (exact) mass is 221 g/mol. The SMILES string of the molecule is CCCC(Nc1cc(C)cc(C)c1)C(=O)O. The van der Waals surface area contributed by atoms with Gasteiger partial charge in [-0.15, -0.1) is 0 Å². The Labute approximate surface area is 96.5 Å². The van der Waals surface area contributed by atoms with Crippen LogP contribution in [-0.2, 0) is 4.79 Å². The minimum Gasteiger partial charge on any atom is -0.480 e. The molecule has 0 bridgehead atoms. The second-order valence-electron chi connectivity index (χ2n) is 4.20. The van der Waals surface area contributed by atoms with Crippen molar-refractivity contribution < 1.29 is 9.90 Å². The first-order valence-electron chi connectivity index (χ1n) is 5.60. The zero-order valence-electron chi connectivity index (χ0n) is 10.1. The van der Waals surface area contributed by atoms with Crippen molar-refractivity contribution in [3.63, 3.8) is 0 Å². The molecule has 2 N–H and O–H groups in total. The molecule has 1 aromatic carbocycles. The fourth-order valence-electron chi connectivity index (χ4n) is 1.81. The number of anilines is 1. The quantitative estimate of drug-likeness (QED) is 0.803. The molecule has 1 aromatic rings. The Hall–Kier alpha value is -1.51. The summed E-state index contributed by atoms with van der Waals surface area (Å²) in [6.07, 6.45) is 1.50. The van der Waals surface area contributed by atoms with Crippen molar-refractivity contribution in [1.29, 1.82) is 0 Å². The van der Waals surface area contributed by atoms with E-state index in [1.54, 1.807) is 0 Å². The van der Waals surface area contributed by atoms with Crippen molar-refractivity contribution in [2.45, 2.75) is 39.7 Å². The van der Waals surface area contributed by atoms with Gasteiger partial charge in [0.05, 0.1) is 0 Å². The summed E-state index contributed by atoms with van der Waals surface area (Å²) < 4.78 is 0. The molecule has 16 heavy (non-hydrogen) atoms. The van der Waals surface area contributed by atoms with E-state index in [1.807, 2.05) is 32.9 Å². The van der Waals surface area contributed by atoms with Crippen LogP contribution in [0.2, 0.25) is 0 Å². The molecule has 0 aliphatic carbocycles. The van der Waals surface area contributed by atoms with Crippen LogP contribution in [0.1, 0.15) is 30.9 Å². The highest BCUT2D eigenvalue weighted by molar-refractivity contribution is 5.77. The smallest absolute Gasteiger partial charge is 0.326 e. The van der Waals surface area contributed by atoms with Gasteiger partial charge in [0.2, 0.25) is 0 Å². The lowest BCUT2D eigenvalue weighted by Gasteiger charge is -2.15. The third-order valence-electron chi connectivity index (χ3n) is 2.44. The molecule has 1 atom stereocenters. The van der Waals surface area contributed by atoms with Crippen LogP contribution >= 0.6 is 0 Å². The maximum Gasteiger partial charge on any atom is 0.326 e. The van der Waals surface area contributed by atoms with Crippen molar-refractivity contribution >= 4 is 11.7 Å². The van der Waals surface area contributed by atoms with E-state index >= 15 is 0 Å². The van der Waals surface area contributed by atoms with E-state index < -0.39 is 12.0 Å². The van der Waals surface area contributed by atoms with Crippen LogP contribution in [0.3, 0.4) is 0 Å². The van der Waals surface area contributed by atoms with Gasteiger partial charge in [0.25, 0.3) is 0 Å². The minimum atomic E-state index is -0.791. The fraction of sp³-hybridized carbons (Fsp3) is 0.462. The van der Waals surface area contributed by atoms with Crippen molar-refractivity contribution in [3.8, 4) is 0 Å². The third-order valence-corrected chi connectivity index (χ3v) is 2.44. The molecule has 0 saturated carbocycles. The van der Waals surface area contributed by atoms with Gasteiger partial charge in [-0.05, 0) is 43.5 Å². The molecule has 1 rings (SSSR count). The number of carbonyl (C=O) groups is 1. The number of hydrogen-bond donors (Lipinski definition) is 2.